The van der Waals surface area contributed by atoms with Gasteiger partial charge in [0.05, 0.1) is 5.75 Å². The van der Waals surface area contributed by atoms with Crippen LogP contribution in [-0.4, -0.2) is 26.2 Å². The lowest BCUT2D eigenvalue weighted by atomic mass is 10.2. The van der Waals surface area contributed by atoms with Crippen LogP contribution in [0.3, 0.4) is 0 Å². The lowest BCUT2D eigenvalue weighted by Gasteiger charge is -2.08. The summed E-state index contributed by atoms with van der Waals surface area (Å²) in [6, 6.07) is 12.8. The Bertz CT molecular complexity index is 655. The molecule has 0 amide bonds. The van der Waals surface area contributed by atoms with Gasteiger partial charge in [0.15, 0.2) is 0 Å². The molecule has 0 radical (unpaired) electrons. The summed E-state index contributed by atoms with van der Waals surface area (Å²) in [6.45, 7) is 0.757. The molecule has 2 rings (SSSR count). The molecule has 5 nitrogen and oxygen atoms in total. The van der Waals surface area contributed by atoms with Gasteiger partial charge in [-0.15, -0.1) is 0 Å². The average molecular weight is 305 g/mol. The number of hydrogen-bond acceptors (Lipinski definition) is 4. The van der Waals surface area contributed by atoms with Gasteiger partial charge in [0.25, 0.3) is 0 Å². The zero-order chi connectivity index (χ0) is 15.1. The van der Waals surface area contributed by atoms with E-state index >= 15 is 0 Å². The van der Waals surface area contributed by atoms with Crippen molar-refractivity contribution in [3.05, 3.63) is 59.9 Å². The van der Waals surface area contributed by atoms with Crippen molar-refractivity contribution in [3.8, 4) is 0 Å². The topological polar surface area (TPSA) is 71.1 Å². The van der Waals surface area contributed by atoms with Gasteiger partial charge < -0.3 is 5.32 Å². The second-order valence-electron chi connectivity index (χ2n) is 4.72. The predicted molar refractivity (Wildman–Crippen MR) is 84.6 cm³/mol. The van der Waals surface area contributed by atoms with E-state index in [1.807, 2.05) is 37.4 Å². The molecule has 0 unspecified atom stereocenters. The van der Waals surface area contributed by atoms with Gasteiger partial charge in [-0.25, -0.2) is 8.42 Å². The molecule has 0 bridgehead atoms. The van der Waals surface area contributed by atoms with E-state index in [1.54, 1.807) is 18.3 Å². The molecule has 21 heavy (non-hydrogen) atoms. The maximum absolute atomic E-state index is 12.0. The smallest absolute Gasteiger partial charge is 0.233 e. The van der Waals surface area contributed by atoms with Crippen LogP contribution in [0.2, 0.25) is 0 Å². The number of anilines is 1. The monoisotopic (exact) mass is 305 g/mol. The molecule has 1 aromatic heterocycles. The third-order valence-electron chi connectivity index (χ3n) is 2.96. The van der Waals surface area contributed by atoms with Crippen LogP contribution in [0.4, 0.5) is 5.69 Å². The Labute approximate surface area is 125 Å². The molecule has 112 valence electrons. The number of nitrogens with one attached hydrogen (secondary N) is 2. The van der Waals surface area contributed by atoms with Crippen molar-refractivity contribution in [2.45, 2.75) is 13.0 Å². The Morgan fingerprint density at radius 3 is 2.48 bits per heavy atom. The molecule has 0 spiro atoms. The fourth-order valence-electron chi connectivity index (χ4n) is 1.91. The van der Waals surface area contributed by atoms with Gasteiger partial charge in [0, 0.05) is 30.5 Å². The summed E-state index contributed by atoms with van der Waals surface area (Å²) in [6.07, 6.45) is 2.06. The molecular formula is C15H19N3O2S. The van der Waals surface area contributed by atoms with Gasteiger partial charge in [-0.05, 0) is 36.9 Å². The maximum Gasteiger partial charge on any atom is 0.233 e. The SMILES string of the molecule is CNCc1ccc(NS(=O)(=O)CCc2ccccn2)cc1. The molecular weight excluding hydrogens is 286 g/mol. The summed E-state index contributed by atoms with van der Waals surface area (Å²) < 4.78 is 26.6. The fourth-order valence-corrected chi connectivity index (χ4v) is 2.99. The summed E-state index contributed by atoms with van der Waals surface area (Å²) in [5.74, 6) is 0.0162. The third-order valence-corrected chi connectivity index (χ3v) is 4.25. The summed E-state index contributed by atoms with van der Waals surface area (Å²) in [5.41, 5.74) is 2.46. The van der Waals surface area contributed by atoms with E-state index in [2.05, 4.69) is 15.0 Å². The molecule has 1 aromatic carbocycles. The standard InChI is InChI=1S/C15H19N3O2S/c1-16-12-13-5-7-15(8-6-13)18-21(19,20)11-9-14-4-2-3-10-17-14/h2-8,10,16,18H,9,11-12H2,1H3. The van der Waals surface area contributed by atoms with Crippen molar-refractivity contribution in [1.82, 2.24) is 10.3 Å². The van der Waals surface area contributed by atoms with Crippen LogP contribution < -0.4 is 10.0 Å². The van der Waals surface area contributed by atoms with Crippen LogP contribution in [0.15, 0.2) is 48.7 Å². The molecule has 0 aliphatic rings. The normalized spacial score (nSPS) is 11.3. The lowest BCUT2D eigenvalue weighted by Crippen LogP contribution is -2.18. The summed E-state index contributed by atoms with van der Waals surface area (Å²) >= 11 is 0. The molecule has 0 saturated heterocycles. The van der Waals surface area contributed by atoms with E-state index in [0.29, 0.717) is 12.1 Å². The quantitative estimate of drug-likeness (QED) is 0.818. The minimum Gasteiger partial charge on any atom is -0.316 e. The Morgan fingerprint density at radius 2 is 1.86 bits per heavy atom. The molecule has 1 heterocycles. The highest BCUT2D eigenvalue weighted by Gasteiger charge is 2.11. The van der Waals surface area contributed by atoms with E-state index in [4.69, 9.17) is 0 Å². The molecule has 0 aliphatic carbocycles. The van der Waals surface area contributed by atoms with Crippen LogP contribution >= 0.6 is 0 Å². The van der Waals surface area contributed by atoms with E-state index in [0.717, 1.165) is 17.8 Å². The molecule has 2 N–H and O–H groups in total. The number of nitrogens with zero attached hydrogens (tertiary/aromatic N) is 1. The van der Waals surface area contributed by atoms with Gasteiger partial charge >= 0.3 is 0 Å². The van der Waals surface area contributed by atoms with Crippen LogP contribution in [0.25, 0.3) is 0 Å². The van der Waals surface area contributed by atoms with Crippen LogP contribution in [0.5, 0.6) is 0 Å². The largest absolute Gasteiger partial charge is 0.316 e. The van der Waals surface area contributed by atoms with Gasteiger partial charge in [0.2, 0.25) is 10.0 Å². The summed E-state index contributed by atoms with van der Waals surface area (Å²) in [5, 5.41) is 3.04. The van der Waals surface area contributed by atoms with Crippen LogP contribution in [0.1, 0.15) is 11.3 Å². The van der Waals surface area contributed by atoms with E-state index in [1.165, 1.54) is 0 Å². The van der Waals surface area contributed by atoms with E-state index in [-0.39, 0.29) is 5.75 Å². The zero-order valence-electron chi connectivity index (χ0n) is 11.9. The van der Waals surface area contributed by atoms with E-state index < -0.39 is 10.0 Å². The number of aryl methyl sites for hydroxylation is 1. The Balaban J connectivity index is 1.94. The van der Waals surface area contributed by atoms with Crippen molar-refractivity contribution in [1.29, 1.82) is 0 Å². The third kappa shape index (κ3) is 5.17. The highest BCUT2D eigenvalue weighted by atomic mass is 32.2. The Kier molecular flexibility index (Phi) is 5.30. The lowest BCUT2D eigenvalue weighted by molar-refractivity contribution is 0.600. The summed E-state index contributed by atoms with van der Waals surface area (Å²) in [4.78, 5) is 4.12. The fraction of sp³-hybridized carbons (Fsp3) is 0.267. The van der Waals surface area contributed by atoms with Crippen molar-refractivity contribution >= 4 is 15.7 Å². The highest BCUT2D eigenvalue weighted by Crippen LogP contribution is 2.12. The van der Waals surface area contributed by atoms with Gasteiger partial charge in [-0.1, -0.05) is 18.2 Å². The molecule has 0 saturated carbocycles. The van der Waals surface area contributed by atoms with Gasteiger partial charge in [-0.2, -0.15) is 0 Å². The second kappa shape index (κ2) is 7.19. The maximum atomic E-state index is 12.0. The second-order valence-corrected chi connectivity index (χ2v) is 6.56. The molecule has 0 aliphatic heterocycles. The van der Waals surface area contributed by atoms with Crippen LogP contribution in [0, 0.1) is 0 Å². The Morgan fingerprint density at radius 1 is 1.10 bits per heavy atom. The van der Waals surface area contributed by atoms with Gasteiger partial charge in [-0.3, -0.25) is 9.71 Å². The van der Waals surface area contributed by atoms with Crippen molar-refractivity contribution in [2.75, 3.05) is 17.5 Å². The Hall–Kier alpha value is -1.92. The molecule has 6 heteroatoms. The summed E-state index contributed by atoms with van der Waals surface area (Å²) in [7, 11) is -1.49. The van der Waals surface area contributed by atoms with Crippen molar-refractivity contribution in [3.63, 3.8) is 0 Å². The predicted octanol–water partition coefficient (Wildman–Crippen LogP) is 1.79. The first kappa shape index (κ1) is 15.5. The minimum absolute atomic E-state index is 0.0162. The highest BCUT2D eigenvalue weighted by molar-refractivity contribution is 7.92. The molecule has 2 aromatic rings. The number of aromatic nitrogens is 1. The zero-order valence-corrected chi connectivity index (χ0v) is 12.7. The average Bonchev–Trinajstić information content (AvgIpc) is 2.48. The molecule has 0 fully saturated rings. The first-order valence-corrected chi connectivity index (χ1v) is 8.38. The first-order valence-electron chi connectivity index (χ1n) is 6.73. The number of hydrogen-bond donors (Lipinski definition) is 2. The van der Waals surface area contributed by atoms with E-state index in [9.17, 15) is 8.42 Å². The number of pyridine rings is 1. The first-order chi connectivity index (χ1) is 10.1. The number of sulfonamides is 1. The van der Waals surface area contributed by atoms with Crippen molar-refractivity contribution < 1.29 is 8.42 Å². The number of benzene rings is 1. The van der Waals surface area contributed by atoms with Crippen LogP contribution in [-0.2, 0) is 23.0 Å². The molecule has 0 atom stereocenters. The van der Waals surface area contributed by atoms with Crippen molar-refractivity contribution in [2.24, 2.45) is 0 Å². The van der Waals surface area contributed by atoms with Gasteiger partial charge in [0.1, 0.15) is 0 Å². The minimum atomic E-state index is -3.36. The number of rotatable bonds is 7.